The number of esters is 1. The largest absolute Gasteiger partial charge is 0.422 e. The second kappa shape index (κ2) is 4.15. The molecule has 0 atom stereocenters. The van der Waals surface area contributed by atoms with E-state index in [0.29, 0.717) is 11.3 Å². The minimum atomic E-state index is -0.274. The minimum absolute atomic E-state index is 0.274. The summed E-state index contributed by atoms with van der Waals surface area (Å²) in [5.41, 5.74) is 3.72. The van der Waals surface area contributed by atoms with Gasteiger partial charge >= 0.3 is 5.97 Å². The highest BCUT2D eigenvalue weighted by molar-refractivity contribution is 6.05. The molecule has 1 aliphatic rings. The molecule has 2 nitrogen and oxygen atoms in total. The second-order valence-corrected chi connectivity index (χ2v) is 4.36. The number of hydrogen-bond donors (Lipinski definition) is 0. The van der Waals surface area contributed by atoms with Crippen molar-refractivity contribution in [3.05, 3.63) is 70.8 Å². The van der Waals surface area contributed by atoms with Gasteiger partial charge in [0.15, 0.2) is 0 Å². The number of ether oxygens (including phenoxy) is 1. The molecule has 88 valence electrons. The van der Waals surface area contributed by atoms with Gasteiger partial charge in [-0.1, -0.05) is 48.0 Å². The second-order valence-electron chi connectivity index (χ2n) is 4.36. The zero-order valence-corrected chi connectivity index (χ0v) is 10.0. The third kappa shape index (κ3) is 1.82. The summed E-state index contributed by atoms with van der Waals surface area (Å²) in [6, 6.07) is 15.5. The summed E-state index contributed by atoms with van der Waals surface area (Å²) >= 11 is 0. The summed E-state index contributed by atoms with van der Waals surface area (Å²) in [6.45, 7) is 2.04. The fourth-order valence-corrected chi connectivity index (χ4v) is 2.10. The first-order valence-corrected chi connectivity index (χ1v) is 5.84. The highest BCUT2D eigenvalue weighted by Crippen LogP contribution is 2.30. The smallest absolute Gasteiger partial charge is 0.344 e. The van der Waals surface area contributed by atoms with E-state index in [9.17, 15) is 4.79 Å². The van der Waals surface area contributed by atoms with Crippen LogP contribution >= 0.6 is 0 Å². The molecule has 0 unspecified atom stereocenters. The van der Waals surface area contributed by atoms with E-state index in [1.165, 1.54) is 5.56 Å². The Balaban J connectivity index is 2.07. The Kier molecular flexibility index (Phi) is 2.49. The summed E-state index contributed by atoms with van der Waals surface area (Å²) in [5.74, 6) is 0.353. The van der Waals surface area contributed by atoms with Gasteiger partial charge in [-0.2, -0.15) is 0 Å². The van der Waals surface area contributed by atoms with E-state index in [0.717, 1.165) is 11.1 Å². The van der Waals surface area contributed by atoms with Gasteiger partial charge in [-0.05, 0) is 24.6 Å². The van der Waals surface area contributed by atoms with Crippen LogP contribution in [0.5, 0.6) is 0 Å². The lowest BCUT2D eigenvalue weighted by molar-refractivity contribution is 0.0717. The van der Waals surface area contributed by atoms with Gasteiger partial charge in [-0.25, -0.2) is 4.79 Å². The number of cyclic esters (lactones) is 1. The first-order valence-electron chi connectivity index (χ1n) is 5.84. The van der Waals surface area contributed by atoms with Gasteiger partial charge in [0.2, 0.25) is 0 Å². The predicted octanol–water partition coefficient (Wildman–Crippen LogP) is 3.66. The molecule has 18 heavy (non-hydrogen) atoms. The molecule has 0 bridgehead atoms. The number of rotatable bonds is 1. The van der Waals surface area contributed by atoms with Crippen molar-refractivity contribution >= 4 is 17.8 Å². The zero-order chi connectivity index (χ0) is 12.5. The highest BCUT2D eigenvalue weighted by Gasteiger charge is 2.25. The van der Waals surface area contributed by atoms with Crippen LogP contribution in [0.4, 0.5) is 0 Å². The predicted molar refractivity (Wildman–Crippen MR) is 70.9 cm³/mol. The molecule has 0 radical (unpaired) electrons. The van der Waals surface area contributed by atoms with Crippen LogP contribution in [0.25, 0.3) is 11.8 Å². The Bertz CT molecular complexity index is 654. The van der Waals surface area contributed by atoms with Crippen molar-refractivity contribution in [2.75, 3.05) is 0 Å². The Morgan fingerprint density at radius 2 is 1.78 bits per heavy atom. The third-order valence-electron chi connectivity index (χ3n) is 2.95. The fourth-order valence-electron chi connectivity index (χ4n) is 2.10. The van der Waals surface area contributed by atoms with E-state index in [4.69, 9.17) is 4.74 Å². The van der Waals surface area contributed by atoms with E-state index in [2.05, 4.69) is 6.07 Å². The maximum absolute atomic E-state index is 11.7. The number of aryl methyl sites for hydroxylation is 1. The number of carbonyl (C=O) groups excluding carboxylic acids is 1. The van der Waals surface area contributed by atoms with Gasteiger partial charge < -0.3 is 4.74 Å². The van der Waals surface area contributed by atoms with Crippen molar-refractivity contribution < 1.29 is 9.53 Å². The quantitative estimate of drug-likeness (QED) is 0.706. The zero-order valence-electron chi connectivity index (χ0n) is 10.0. The maximum Gasteiger partial charge on any atom is 0.344 e. The normalized spacial score (nSPS) is 15.6. The molecule has 0 fully saturated rings. The maximum atomic E-state index is 11.7. The van der Waals surface area contributed by atoms with E-state index < -0.39 is 0 Å². The van der Waals surface area contributed by atoms with Gasteiger partial charge in [0, 0.05) is 5.56 Å². The average molecular weight is 236 g/mol. The summed E-state index contributed by atoms with van der Waals surface area (Å²) < 4.78 is 5.30. The van der Waals surface area contributed by atoms with Gasteiger partial charge in [-0.15, -0.1) is 0 Å². The van der Waals surface area contributed by atoms with Crippen molar-refractivity contribution in [1.29, 1.82) is 0 Å². The molecule has 0 spiro atoms. The number of hydrogen-bond acceptors (Lipinski definition) is 2. The molecule has 1 heterocycles. The van der Waals surface area contributed by atoms with E-state index in [1.807, 2.05) is 49.4 Å². The third-order valence-corrected chi connectivity index (χ3v) is 2.95. The molecule has 0 amide bonds. The van der Waals surface area contributed by atoms with Crippen LogP contribution in [0.1, 0.15) is 27.0 Å². The molecule has 0 aliphatic carbocycles. The molecule has 1 aliphatic heterocycles. The minimum Gasteiger partial charge on any atom is -0.422 e. The summed E-state index contributed by atoms with van der Waals surface area (Å²) in [4.78, 5) is 11.7. The Morgan fingerprint density at radius 1 is 1.00 bits per heavy atom. The number of carbonyl (C=O) groups is 1. The van der Waals surface area contributed by atoms with E-state index in [1.54, 1.807) is 6.07 Å². The fraction of sp³-hybridized carbons (Fsp3) is 0.0625. The van der Waals surface area contributed by atoms with Crippen LogP contribution in [0, 0.1) is 6.92 Å². The number of fused-ring (bicyclic) bond motifs is 1. The summed E-state index contributed by atoms with van der Waals surface area (Å²) in [7, 11) is 0. The Morgan fingerprint density at radius 3 is 2.56 bits per heavy atom. The molecule has 2 heteroatoms. The molecule has 3 rings (SSSR count). The van der Waals surface area contributed by atoms with Crippen molar-refractivity contribution in [2.45, 2.75) is 6.92 Å². The summed E-state index contributed by atoms with van der Waals surface area (Å²) in [5, 5.41) is 0. The van der Waals surface area contributed by atoms with Crippen LogP contribution in [0.3, 0.4) is 0 Å². The van der Waals surface area contributed by atoms with Gasteiger partial charge in [-0.3, -0.25) is 0 Å². The standard InChI is InChI=1S/C16H12O2/c1-11-5-4-6-12(9-11)10-15-13-7-2-3-8-14(13)16(17)18-15/h2-10H,1H3. The first-order chi connectivity index (χ1) is 8.74. The van der Waals surface area contributed by atoms with Crippen molar-refractivity contribution in [3.63, 3.8) is 0 Å². The Labute approximate surface area is 106 Å². The van der Waals surface area contributed by atoms with Crippen LogP contribution in [0.2, 0.25) is 0 Å². The van der Waals surface area contributed by atoms with Crippen LogP contribution in [0.15, 0.2) is 48.5 Å². The molecule has 0 saturated heterocycles. The SMILES string of the molecule is Cc1cccc(C=C2OC(=O)c3ccccc32)c1. The lowest BCUT2D eigenvalue weighted by Gasteiger charge is -2.00. The van der Waals surface area contributed by atoms with E-state index >= 15 is 0 Å². The molecule has 2 aromatic rings. The van der Waals surface area contributed by atoms with Crippen LogP contribution in [-0.4, -0.2) is 5.97 Å². The lowest BCUT2D eigenvalue weighted by atomic mass is 10.1. The first kappa shape index (κ1) is 10.8. The number of benzene rings is 2. The van der Waals surface area contributed by atoms with Gasteiger partial charge in [0.1, 0.15) is 5.76 Å². The van der Waals surface area contributed by atoms with E-state index in [-0.39, 0.29) is 5.97 Å². The van der Waals surface area contributed by atoms with Crippen LogP contribution in [-0.2, 0) is 4.74 Å². The molecule has 0 aromatic heterocycles. The van der Waals surface area contributed by atoms with Crippen LogP contribution < -0.4 is 0 Å². The van der Waals surface area contributed by atoms with Crippen molar-refractivity contribution in [2.24, 2.45) is 0 Å². The molecular weight excluding hydrogens is 224 g/mol. The molecular formula is C16H12O2. The summed E-state index contributed by atoms with van der Waals surface area (Å²) in [6.07, 6.45) is 1.90. The highest BCUT2D eigenvalue weighted by atomic mass is 16.5. The van der Waals surface area contributed by atoms with Crippen molar-refractivity contribution in [3.8, 4) is 0 Å². The van der Waals surface area contributed by atoms with Gasteiger partial charge in [0.25, 0.3) is 0 Å². The van der Waals surface area contributed by atoms with Crippen molar-refractivity contribution in [1.82, 2.24) is 0 Å². The lowest BCUT2D eigenvalue weighted by Crippen LogP contribution is -1.92. The monoisotopic (exact) mass is 236 g/mol. The molecule has 2 aromatic carbocycles. The molecule has 0 N–H and O–H groups in total. The van der Waals surface area contributed by atoms with Gasteiger partial charge in [0.05, 0.1) is 5.56 Å². The topological polar surface area (TPSA) is 26.3 Å². The molecule has 0 saturated carbocycles. The Hall–Kier alpha value is -2.35. The average Bonchev–Trinajstić information content (AvgIpc) is 2.67.